The number of rotatable bonds is 3. The van der Waals surface area contributed by atoms with Gasteiger partial charge in [0.2, 0.25) is 0 Å². The van der Waals surface area contributed by atoms with Gasteiger partial charge in [0.15, 0.2) is 0 Å². The van der Waals surface area contributed by atoms with Gasteiger partial charge in [-0.2, -0.15) is 0 Å². The van der Waals surface area contributed by atoms with Crippen LogP contribution in [0.15, 0.2) is 48.3 Å². The fourth-order valence-corrected chi connectivity index (χ4v) is 1.34. The number of hydrogen-bond donors (Lipinski definition) is 2. The first-order valence-electron chi connectivity index (χ1n) is 5.45. The molecule has 0 amide bonds. The third-order valence-electron chi connectivity index (χ3n) is 2.58. The summed E-state index contributed by atoms with van der Waals surface area (Å²) in [6.07, 6.45) is 3.45. The molecule has 0 aromatic heterocycles. The minimum absolute atomic E-state index is 0.180. The summed E-state index contributed by atoms with van der Waals surface area (Å²) in [7, 11) is 0. The number of hydrogen-bond acceptors (Lipinski definition) is 2. The zero-order valence-electron chi connectivity index (χ0n) is 10.5. The highest BCUT2D eigenvalue weighted by Gasteiger charge is 1.99. The van der Waals surface area contributed by atoms with Gasteiger partial charge in [-0.3, -0.25) is 0 Å². The molecule has 0 aliphatic carbocycles. The van der Waals surface area contributed by atoms with Crippen molar-refractivity contribution < 1.29 is 10.2 Å². The molecule has 2 N–H and O–H groups in total. The Balaban J connectivity index is 3.00. The Hall–Kier alpha value is -1.96. The van der Waals surface area contributed by atoms with Crippen LogP contribution in [0.4, 0.5) is 0 Å². The smallest absolute Gasteiger partial charge is 0.118 e. The molecule has 0 saturated heterocycles. The average molecular weight is 230 g/mol. The molecular formula is C15H18O2. The number of phenolic OH excluding ortho intramolecular Hbond substituents is 1. The van der Waals surface area contributed by atoms with Crippen molar-refractivity contribution in [1.82, 2.24) is 0 Å². The van der Waals surface area contributed by atoms with Crippen molar-refractivity contribution in [2.24, 2.45) is 0 Å². The number of aliphatic hydroxyl groups excluding tert-OH is 1. The van der Waals surface area contributed by atoms with Gasteiger partial charge in [0.1, 0.15) is 11.5 Å². The van der Waals surface area contributed by atoms with Gasteiger partial charge in [0.05, 0.1) is 0 Å². The molecular weight excluding hydrogens is 212 g/mol. The normalized spacial score (nSPS) is 12.6. The molecule has 0 heterocycles. The summed E-state index contributed by atoms with van der Waals surface area (Å²) in [5, 5.41) is 18.9. The van der Waals surface area contributed by atoms with Crippen LogP contribution in [0, 0.1) is 6.92 Å². The topological polar surface area (TPSA) is 40.5 Å². The Morgan fingerprint density at radius 3 is 2.41 bits per heavy atom. The second-order valence-electron chi connectivity index (χ2n) is 4.18. The summed E-state index contributed by atoms with van der Waals surface area (Å²) in [6, 6.07) is 5.43. The second kappa shape index (κ2) is 5.39. The van der Waals surface area contributed by atoms with Crippen molar-refractivity contribution in [3.63, 3.8) is 0 Å². The van der Waals surface area contributed by atoms with Crippen molar-refractivity contribution in [3.05, 3.63) is 59.4 Å². The van der Waals surface area contributed by atoms with Gasteiger partial charge in [-0.15, -0.1) is 0 Å². The minimum atomic E-state index is 0.180. The van der Waals surface area contributed by atoms with Crippen molar-refractivity contribution in [2.75, 3.05) is 0 Å². The summed E-state index contributed by atoms with van der Waals surface area (Å²) >= 11 is 0. The largest absolute Gasteiger partial charge is 0.508 e. The van der Waals surface area contributed by atoms with Gasteiger partial charge < -0.3 is 10.2 Å². The third kappa shape index (κ3) is 3.52. The molecule has 0 spiro atoms. The van der Waals surface area contributed by atoms with Gasteiger partial charge in [0, 0.05) is 0 Å². The molecule has 1 aromatic carbocycles. The summed E-state index contributed by atoms with van der Waals surface area (Å²) in [6.45, 7) is 9.21. The van der Waals surface area contributed by atoms with Crippen LogP contribution in [-0.2, 0) is 0 Å². The average Bonchev–Trinajstić information content (AvgIpc) is 2.28. The Morgan fingerprint density at radius 1 is 1.24 bits per heavy atom. The van der Waals surface area contributed by atoms with E-state index in [0.29, 0.717) is 11.3 Å². The Kier molecular flexibility index (Phi) is 4.16. The lowest BCUT2D eigenvalue weighted by atomic mass is 10.0. The summed E-state index contributed by atoms with van der Waals surface area (Å²) in [5.74, 6) is 0.474. The van der Waals surface area contributed by atoms with Gasteiger partial charge >= 0.3 is 0 Å². The van der Waals surface area contributed by atoms with E-state index in [0.717, 1.165) is 16.7 Å². The Morgan fingerprint density at radius 2 is 1.88 bits per heavy atom. The van der Waals surface area contributed by atoms with Crippen LogP contribution in [0.5, 0.6) is 5.75 Å². The molecule has 0 bridgehead atoms. The van der Waals surface area contributed by atoms with E-state index in [9.17, 15) is 10.2 Å². The molecule has 2 heteroatoms. The molecule has 0 fully saturated rings. The number of aromatic hydroxyl groups is 1. The van der Waals surface area contributed by atoms with E-state index in [4.69, 9.17) is 0 Å². The lowest BCUT2D eigenvalue weighted by Crippen LogP contribution is -1.83. The molecule has 0 radical (unpaired) electrons. The van der Waals surface area contributed by atoms with Crippen molar-refractivity contribution >= 4 is 5.57 Å². The molecule has 0 aliphatic heterocycles. The number of aryl methyl sites for hydroxylation is 1. The van der Waals surface area contributed by atoms with Gasteiger partial charge in [-0.05, 0) is 61.3 Å². The number of allylic oxidation sites excluding steroid dienone is 4. The molecule has 0 aliphatic rings. The van der Waals surface area contributed by atoms with E-state index in [1.165, 1.54) is 0 Å². The van der Waals surface area contributed by atoms with Crippen LogP contribution in [0.2, 0.25) is 0 Å². The molecule has 1 rings (SSSR count). The lowest BCUT2D eigenvalue weighted by molar-refractivity contribution is 0.424. The Bertz CT molecular complexity index is 494. The predicted molar refractivity (Wildman–Crippen MR) is 72.0 cm³/mol. The van der Waals surface area contributed by atoms with E-state index in [2.05, 4.69) is 6.58 Å². The third-order valence-corrected chi connectivity index (χ3v) is 2.58. The standard InChI is InChI=1S/C15H18O2/c1-10(2)14(16)7-5-11(3)13-6-8-15(17)12(4)9-13/h5-9,16-17H,1H2,2-4H3/b11-5+,14-7+. The van der Waals surface area contributed by atoms with Crippen LogP contribution in [0.25, 0.3) is 5.57 Å². The summed E-state index contributed by atoms with van der Waals surface area (Å²) < 4.78 is 0. The van der Waals surface area contributed by atoms with Crippen LogP contribution < -0.4 is 0 Å². The zero-order chi connectivity index (χ0) is 13.0. The fourth-order valence-electron chi connectivity index (χ4n) is 1.34. The second-order valence-corrected chi connectivity index (χ2v) is 4.18. The molecule has 0 unspecified atom stereocenters. The summed E-state index contributed by atoms with van der Waals surface area (Å²) in [5.41, 5.74) is 3.51. The van der Waals surface area contributed by atoms with E-state index < -0.39 is 0 Å². The first-order chi connectivity index (χ1) is 7.91. The van der Waals surface area contributed by atoms with Gasteiger partial charge in [-0.25, -0.2) is 0 Å². The molecule has 17 heavy (non-hydrogen) atoms. The number of phenols is 1. The van der Waals surface area contributed by atoms with Gasteiger partial charge in [-0.1, -0.05) is 18.7 Å². The zero-order valence-corrected chi connectivity index (χ0v) is 10.5. The van der Waals surface area contributed by atoms with Crippen LogP contribution in [0.3, 0.4) is 0 Å². The van der Waals surface area contributed by atoms with Crippen LogP contribution in [0.1, 0.15) is 25.0 Å². The van der Waals surface area contributed by atoms with Crippen LogP contribution >= 0.6 is 0 Å². The van der Waals surface area contributed by atoms with Crippen LogP contribution in [-0.4, -0.2) is 10.2 Å². The fraction of sp³-hybridized carbons (Fsp3) is 0.200. The maximum Gasteiger partial charge on any atom is 0.118 e. The molecule has 0 saturated carbocycles. The highest BCUT2D eigenvalue weighted by molar-refractivity contribution is 5.66. The van der Waals surface area contributed by atoms with Crippen molar-refractivity contribution in [1.29, 1.82) is 0 Å². The molecule has 0 atom stereocenters. The quantitative estimate of drug-likeness (QED) is 0.605. The first kappa shape index (κ1) is 13.1. The molecule has 2 nitrogen and oxygen atoms in total. The number of benzene rings is 1. The highest BCUT2D eigenvalue weighted by atomic mass is 16.3. The molecule has 1 aromatic rings. The SMILES string of the molecule is C=C(C)/C(O)=C\C=C(/C)c1ccc(O)c(C)c1. The monoisotopic (exact) mass is 230 g/mol. The Labute approximate surface area is 102 Å². The number of aliphatic hydroxyl groups is 1. The maximum atomic E-state index is 9.50. The maximum absolute atomic E-state index is 9.50. The van der Waals surface area contributed by atoms with Crippen molar-refractivity contribution in [2.45, 2.75) is 20.8 Å². The first-order valence-corrected chi connectivity index (χ1v) is 5.45. The van der Waals surface area contributed by atoms with Crippen molar-refractivity contribution in [3.8, 4) is 5.75 Å². The van der Waals surface area contributed by atoms with E-state index >= 15 is 0 Å². The lowest BCUT2D eigenvalue weighted by Gasteiger charge is -2.04. The van der Waals surface area contributed by atoms with E-state index in [1.54, 1.807) is 19.1 Å². The summed E-state index contributed by atoms with van der Waals surface area (Å²) in [4.78, 5) is 0. The predicted octanol–water partition coefficient (Wildman–Crippen LogP) is 4.12. The minimum Gasteiger partial charge on any atom is -0.508 e. The molecule has 90 valence electrons. The van der Waals surface area contributed by atoms with E-state index in [1.807, 2.05) is 32.1 Å². The van der Waals surface area contributed by atoms with Gasteiger partial charge in [0.25, 0.3) is 0 Å². The van der Waals surface area contributed by atoms with E-state index in [-0.39, 0.29) is 5.76 Å². The highest BCUT2D eigenvalue weighted by Crippen LogP contribution is 2.22.